The molecule has 0 radical (unpaired) electrons. The number of aryl methyl sites for hydroxylation is 6. The molecule has 8 heterocycles. The number of carboxylic acid groups (broad SMARTS) is 1. The summed E-state index contributed by atoms with van der Waals surface area (Å²) in [6.07, 6.45) is 9.03. The molecule has 3 aliphatic rings. The first-order valence-electron chi connectivity index (χ1n) is 23.1. The number of allylic oxidation sites excluding steroid dienone is 2. The van der Waals surface area contributed by atoms with E-state index in [1.165, 1.54) is 49.4 Å². The quantitative estimate of drug-likeness (QED) is 0.0609. The Kier molecular flexibility index (Phi) is 22.1. The fourth-order valence-corrected chi connectivity index (χ4v) is 8.73. The van der Waals surface area contributed by atoms with Gasteiger partial charge in [-0.1, -0.05) is 39.1 Å². The summed E-state index contributed by atoms with van der Waals surface area (Å²) < 4.78 is 8.84. The SMILES string of the molecule is C.C.CC=C(C(C)=O)C(C)=O.CCOC(=O)c1cn2c(cc1=O)-c1nc(C)c(C)cc1CC2(C)C.Cc1cc2c(nc1C)-c1cc(=O)c(C(=O)O)cn1C(C)(C)C2.Cc1cc2c(nc1C)C=NC(C)(C)C2.[Li+].[OH-]. The molecule has 15 nitrogen and oxygen atoms in total. The number of ketones is 2. The normalized spacial score (nSPS) is 13.9. The molecule has 2 N–H and O–H groups in total. The molecule has 0 spiro atoms. The first kappa shape index (κ1) is 64.6. The molecule has 0 bridgehead atoms. The van der Waals surface area contributed by atoms with E-state index in [1.807, 2.05) is 63.8 Å². The van der Waals surface area contributed by atoms with E-state index in [2.05, 4.69) is 67.8 Å². The molecule has 0 atom stereocenters. The Labute approximate surface area is 443 Å². The van der Waals surface area contributed by atoms with E-state index in [1.54, 1.807) is 20.0 Å². The molecular formula is C57H75LiN6O9. The molecule has 16 heteroatoms. The minimum absolute atomic E-state index is 0. The van der Waals surface area contributed by atoms with Gasteiger partial charge in [0.1, 0.15) is 11.1 Å². The topological polar surface area (TPSA) is 223 Å². The molecule has 5 aromatic rings. The average molecular weight is 995 g/mol. The zero-order chi connectivity index (χ0) is 51.7. The van der Waals surface area contributed by atoms with Crippen LogP contribution in [0.15, 0.2) is 69.0 Å². The van der Waals surface area contributed by atoms with Gasteiger partial charge < -0.3 is 24.5 Å². The minimum Gasteiger partial charge on any atom is -0.870 e. The molecule has 388 valence electrons. The van der Waals surface area contributed by atoms with Crippen LogP contribution >= 0.6 is 0 Å². The third-order valence-electron chi connectivity index (χ3n) is 12.7. The fourth-order valence-electron chi connectivity index (χ4n) is 8.73. The summed E-state index contributed by atoms with van der Waals surface area (Å²) >= 11 is 0. The second kappa shape index (κ2) is 25.0. The number of fused-ring (bicyclic) bond motifs is 7. The zero-order valence-corrected chi connectivity index (χ0v) is 44.5. The number of aromatic carboxylic acids is 1. The molecule has 0 saturated heterocycles. The summed E-state index contributed by atoms with van der Waals surface area (Å²) in [6.45, 7) is 31.1. The number of pyridine rings is 5. The fraction of sp³-hybridized carbons (Fsp3) is 0.439. The number of hydrogen-bond acceptors (Lipinski definition) is 12. The molecule has 0 fully saturated rings. The van der Waals surface area contributed by atoms with E-state index in [0.717, 1.165) is 81.4 Å². The van der Waals surface area contributed by atoms with Gasteiger partial charge in [-0.05, 0) is 163 Å². The maximum Gasteiger partial charge on any atom is 1.00 e. The summed E-state index contributed by atoms with van der Waals surface area (Å²) in [7, 11) is 0. The van der Waals surface area contributed by atoms with Crippen LogP contribution in [-0.4, -0.2) is 76.5 Å². The van der Waals surface area contributed by atoms with Crippen molar-refractivity contribution >= 4 is 29.7 Å². The van der Waals surface area contributed by atoms with Crippen molar-refractivity contribution in [1.82, 2.24) is 24.1 Å². The first-order valence-corrected chi connectivity index (χ1v) is 23.1. The van der Waals surface area contributed by atoms with E-state index in [4.69, 9.17) is 9.72 Å². The van der Waals surface area contributed by atoms with Crippen molar-refractivity contribution in [3.8, 4) is 22.8 Å². The van der Waals surface area contributed by atoms with Crippen molar-refractivity contribution in [2.45, 2.75) is 162 Å². The third kappa shape index (κ3) is 14.4. The summed E-state index contributed by atoms with van der Waals surface area (Å²) in [5.74, 6) is -2.10. The van der Waals surface area contributed by atoms with Gasteiger partial charge in [0.15, 0.2) is 22.4 Å². The molecule has 0 amide bonds. The van der Waals surface area contributed by atoms with E-state index in [9.17, 15) is 33.9 Å². The van der Waals surface area contributed by atoms with E-state index >= 15 is 0 Å². The predicted octanol–water partition coefficient (Wildman–Crippen LogP) is 7.17. The molecule has 0 aliphatic carbocycles. The number of nitrogens with zero attached hydrogens (tertiary/aromatic N) is 6. The predicted molar refractivity (Wildman–Crippen MR) is 285 cm³/mol. The largest absolute Gasteiger partial charge is 1.00 e. The molecule has 73 heavy (non-hydrogen) atoms. The number of aromatic nitrogens is 5. The minimum atomic E-state index is -1.20. The van der Waals surface area contributed by atoms with E-state index in [0.29, 0.717) is 5.69 Å². The number of aliphatic imine (C=N–C) groups is 1. The van der Waals surface area contributed by atoms with Gasteiger partial charge in [0.05, 0.1) is 46.2 Å². The number of carbonyl (C=O) groups excluding carboxylic acids is 3. The van der Waals surface area contributed by atoms with Crippen molar-refractivity contribution in [1.29, 1.82) is 0 Å². The van der Waals surface area contributed by atoms with Crippen LogP contribution in [0.5, 0.6) is 0 Å². The van der Waals surface area contributed by atoms with Gasteiger partial charge in [0, 0.05) is 58.9 Å². The Bertz CT molecular complexity index is 3090. The van der Waals surface area contributed by atoms with Crippen LogP contribution in [0.4, 0.5) is 0 Å². The van der Waals surface area contributed by atoms with Gasteiger partial charge in [-0.2, -0.15) is 0 Å². The maximum atomic E-state index is 12.4. The number of Topliss-reactive ketones (excluding diaryl/α,β-unsaturated/α-hetero) is 2. The number of rotatable bonds is 5. The Hall–Kier alpha value is -6.40. The smallest absolute Gasteiger partial charge is 0.870 e. The summed E-state index contributed by atoms with van der Waals surface area (Å²) in [5.41, 5.74) is 12.9. The van der Waals surface area contributed by atoms with Crippen LogP contribution in [0.25, 0.3) is 22.8 Å². The maximum absolute atomic E-state index is 12.4. The Morgan fingerprint density at radius 3 is 1.44 bits per heavy atom. The van der Waals surface area contributed by atoms with Crippen molar-refractivity contribution in [3.05, 3.63) is 142 Å². The average Bonchev–Trinajstić information content (AvgIpc) is 3.23. The second-order valence-electron chi connectivity index (χ2n) is 19.9. The van der Waals surface area contributed by atoms with Gasteiger partial charge in [-0.3, -0.25) is 39.1 Å². The number of ether oxygens (including phenoxy) is 1. The van der Waals surface area contributed by atoms with Crippen LogP contribution in [-0.2, 0) is 44.7 Å². The van der Waals surface area contributed by atoms with Gasteiger partial charge in [0.25, 0.3) is 0 Å². The number of carboxylic acids is 1. The van der Waals surface area contributed by atoms with Crippen LogP contribution in [0.2, 0.25) is 0 Å². The monoisotopic (exact) mass is 995 g/mol. The van der Waals surface area contributed by atoms with Crippen molar-refractivity contribution in [2.75, 3.05) is 6.61 Å². The van der Waals surface area contributed by atoms with Gasteiger partial charge in [-0.15, -0.1) is 0 Å². The third-order valence-corrected chi connectivity index (χ3v) is 12.7. The number of hydrogen-bond donors (Lipinski definition) is 1. The summed E-state index contributed by atoms with van der Waals surface area (Å²) in [4.78, 5) is 87.2. The molecule has 0 unspecified atom stereocenters. The van der Waals surface area contributed by atoms with Crippen LogP contribution in [0, 0.1) is 41.5 Å². The zero-order valence-electron chi connectivity index (χ0n) is 44.5. The summed E-state index contributed by atoms with van der Waals surface area (Å²) in [5, 5.41) is 9.18. The molecule has 5 aromatic heterocycles. The number of esters is 1. The van der Waals surface area contributed by atoms with E-state index in [-0.39, 0.29) is 96.1 Å². The Morgan fingerprint density at radius 1 is 0.658 bits per heavy atom. The molecule has 0 aromatic carbocycles. The van der Waals surface area contributed by atoms with Gasteiger partial charge in [0.2, 0.25) is 0 Å². The molecular weight excluding hydrogens is 920 g/mol. The van der Waals surface area contributed by atoms with Crippen LogP contribution in [0.1, 0.15) is 161 Å². The molecule has 8 rings (SSSR count). The molecule has 3 aliphatic heterocycles. The van der Waals surface area contributed by atoms with Crippen LogP contribution in [0.3, 0.4) is 0 Å². The van der Waals surface area contributed by atoms with Crippen LogP contribution < -0.4 is 29.7 Å². The van der Waals surface area contributed by atoms with E-state index < -0.39 is 17.4 Å². The van der Waals surface area contributed by atoms with Gasteiger partial charge in [-0.25, -0.2) is 9.59 Å². The Morgan fingerprint density at radius 2 is 1.05 bits per heavy atom. The number of carbonyl (C=O) groups is 4. The molecule has 0 saturated carbocycles. The summed E-state index contributed by atoms with van der Waals surface area (Å²) in [6, 6.07) is 9.40. The van der Waals surface area contributed by atoms with Crippen molar-refractivity contribution in [3.63, 3.8) is 0 Å². The van der Waals surface area contributed by atoms with Crippen molar-refractivity contribution in [2.24, 2.45) is 4.99 Å². The standard InChI is InChI=1S/C19H22N2O3.C17H18N2O3.C12H16N2.C7H10O2.2CH4.Li.H2O/c1-6-24-18(23)14-10-21-15(8-16(14)22)17-13(9-19(21,4)5)7-11(2)12(3)20-17;1-9-5-11-7-17(3,4)19-8-12(16(21)22)14(20)6-13(19)15(11)18-10(9)2;1-8-5-10-6-12(3,4)13-7-11(10)14-9(8)2;1-4-7(5(2)8)6(3)9;;;;/h7-8,10H,6,9H2,1-5H3;5-6,8H,7H2,1-4H3,(H,21,22);5,7H,6H2,1-4H3;4H,1-3H3;2*1H4;;1H2/q;;;;;;+1;/p-1. The first-order chi connectivity index (χ1) is 32.0. The van der Waals surface area contributed by atoms with Gasteiger partial charge >= 0.3 is 30.8 Å². The second-order valence-corrected chi connectivity index (χ2v) is 19.9. The van der Waals surface area contributed by atoms with Crippen molar-refractivity contribution < 1.29 is 53.4 Å². The Balaban J connectivity index is 0.000000504.